The number of rotatable bonds is 5. The summed E-state index contributed by atoms with van der Waals surface area (Å²) in [6.07, 6.45) is 7.76. The molecule has 1 saturated carbocycles. The van der Waals surface area contributed by atoms with Gasteiger partial charge in [-0.1, -0.05) is 26.2 Å². The molecule has 0 aromatic rings. The Hall–Kier alpha value is -0.610. The van der Waals surface area contributed by atoms with E-state index in [1.807, 2.05) is 0 Å². The van der Waals surface area contributed by atoms with Crippen LogP contribution in [0.15, 0.2) is 0 Å². The molecule has 2 aliphatic rings. The first-order valence-electron chi connectivity index (χ1n) is 7.85. The summed E-state index contributed by atoms with van der Waals surface area (Å²) in [5.41, 5.74) is 0. The number of carbonyl (C=O) groups excluding carboxylic acids is 1. The van der Waals surface area contributed by atoms with Crippen molar-refractivity contribution in [2.45, 2.75) is 51.6 Å². The summed E-state index contributed by atoms with van der Waals surface area (Å²) in [5, 5.41) is 6.32. The Morgan fingerprint density at radius 1 is 1.26 bits per heavy atom. The van der Waals surface area contributed by atoms with Gasteiger partial charge in [-0.3, -0.25) is 4.79 Å². The molecular formula is C15H28N2O2. The molecule has 0 spiro atoms. The first-order valence-corrected chi connectivity index (χ1v) is 7.85. The third-order valence-corrected chi connectivity index (χ3v) is 4.25. The maximum Gasteiger partial charge on any atom is 0.224 e. The second kappa shape index (κ2) is 7.85. The van der Waals surface area contributed by atoms with Crippen molar-refractivity contribution >= 4 is 5.91 Å². The highest BCUT2D eigenvalue weighted by Crippen LogP contribution is 2.20. The average molecular weight is 268 g/mol. The number of hydrogen-bond donors (Lipinski definition) is 2. The Bertz CT molecular complexity index is 277. The zero-order chi connectivity index (χ0) is 13.5. The van der Waals surface area contributed by atoms with Crippen molar-refractivity contribution in [2.24, 2.45) is 11.8 Å². The van der Waals surface area contributed by atoms with E-state index in [1.165, 1.54) is 32.1 Å². The molecule has 110 valence electrons. The minimum Gasteiger partial charge on any atom is -0.376 e. The van der Waals surface area contributed by atoms with Gasteiger partial charge in [-0.05, 0) is 31.7 Å². The molecule has 4 nitrogen and oxygen atoms in total. The molecular weight excluding hydrogens is 240 g/mol. The maximum absolute atomic E-state index is 12.0. The quantitative estimate of drug-likeness (QED) is 0.746. The van der Waals surface area contributed by atoms with Gasteiger partial charge in [0.05, 0.1) is 18.6 Å². The van der Waals surface area contributed by atoms with Gasteiger partial charge in [0.25, 0.3) is 0 Å². The van der Waals surface area contributed by atoms with E-state index in [1.54, 1.807) is 0 Å². The zero-order valence-electron chi connectivity index (χ0n) is 12.1. The molecule has 2 fully saturated rings. The SMILES string of the molecule is CC1CNCC(C(=O)NCCOC2CCCCC2)C1. The van der Waals surface area contributed by atoms with Gasteiger partial charge >= 0.3 is 0 Å². The fourth-order valence-corrected chi connectivity index (χ4v) is 3.13. The summed E-state index contributed by atoms with van der Waals surface area (Å²) in [4.78, 5) is 12.0. The number of nitrogens with one attached hydrogen (secondary N) is 2. The summed E-state index contributed by atoms with van der Waals surface area (Å²) in [5.74, 6) is 0.924. The lowest BCUT2D eigenvalue weighted by Crippen LogP contribution is -2.44. The van der Waals surface area contributed by atoms with Crippen LogP contribution in [-0.2, 0) is 9.53 Å². The highest BCUT2D eigenvalue weighted by molar-refractivity contribution is 5.78. The Kier molecular flexibility index (Phi) is 6.11. The molecule has 1 aliphatic carbocycles. The van der Waals surface area contributed by atoms with E-state index in [2.05, 4.69) is 17.6 Å². The van der Waals surface area contributed by atoms with Crippen molar-refractivity contribution in [1.29, 1.82) is 0 Å². The van der Waals surface area contributed by atoms with Crippen LogP contribution in [0, 0.1) is 11.8 Å². The van der Waals surface area contributed by atoms with Crippen molar-refractivity contribution < 1.29 is 9.53 Å². The lowest BCUT2D eigenvalue weighted by Gasteiger charge is -2.27. The van der Waals surface area contributed by atoms with Crippen LogP contribution in [0.5, 0.6) is 0 Å². The number of carbonyl (C=O) groups is 1. The van der Waals surface area contributed by atoms with Gasteiger partial charge in [0.15, 0.2) is 0 Å². The van der Waals surface area contributed by atoms with E-state index in [0.29, 0.717) is 25.2 Å². The molecule has 0 bridgehead atoms. The molecule has 0 radical (unpaired) electrons. The summed E-state index contributed by atoms with van der Waals surface area (Å²) < 4.78 is 5.81. The minimum atomic E-state index is 0.137. The third-order valence-electron chi connectivity index (χ3n) is 4.25. The molecule has 2 unspecified atom stereocenters. The summed E-state index contributed by atoms with van der Waals surface area (Å²) in [6.45, 7) is 5.36. The van der Waals surface area contributed by atoms with Crippen LogP contribution in [0.25, 0.3) is 0 Å². The molecule has 1 amide bonds. The zero-order valence-corrected chi connectivity index (χ0v) is 12.1. The van der Waals surface area contributed by atoms with Gasteiger partial charge in [-0.25, -0.2) is 0 Å². The summed E-state index contributed by atoms with van der Waals surface area (Å²) in [7, 11) is 0. The Balaban J connectivity index is 1.55. The smallest absolute Gasteiger partial charge is 0.224 e. The Morgan fingerprint density at radius 3 is 2.79 bits per heavy atom. The molecule has 2 rings (SSSR count). The fourth-order valence-electron chi connectivity index (χ4n) is 3.13. The van der Waals surface area contributed by atoms with E-state index in [-0.39, 0.29) is 11.8 Å². The molecule has 4 heteroatoms. The second-order valence-electron chi connectivity index (χ2n) is 6.12. The highest BCUT2D eigenvalue weighted by atomic mass is 16.5. The van der Waals surface area contributed by atoms with Gasteiger partial charge in [-0.2, -0.15) is 0 Å². The molecule has 1 heterocycles. The number of hydrogen-bond acceptors (Lipinski definition) is 3. The molecule has 1 aliphatic heterocycles. The normalized spacial score (nSPS) is 29.1. The van der Waals surface area contributed by atoms with Crippen LogP contribution in [0.3, 0.4) is 0 Å². The monoisotopic (exact) mass is 268 g/mol. The standard InChI is InChI=1S/C15H28N2O2/c1-12-9-13(11-16-10-12)15(18)17-7-8-19-14-5-3-2-4-6-14/h12-14,16H,2-11H2,1H3,(H,17,18). The highest BCUT2D eigenvalue weighted by Gasteiger charge is 2.24. The van der Waals surface area contributed by atoms with Gasteiger partial charge in [0, 0.05) is 13.1 Å². The first-order chi connectivity index (χ1) is 9.25. The molecule has 0 aromatic carbocycles. The van der Waals surface area contributed by atoms with E-state index in [0.717, 1.165) is 19.5 Å². The van der Waals surface area contributed by atoms with E-state index < -0.39 is 0 Å². The van der Waals surface area contributed by atoms with E-state index >= 15 is 0 Å². The number of piperidine rings is 1. The summed E-state index contributed by atoms with van der Waals surface area (Å²) >= 11 is 0. The molecule has 2 N–H and O–H groups in total. The largest absolute Gasteiger partial charge is 0.376 e. The van der Waals surface area contributed by atoms with E-state index in [4.69, 9.17) is 4.74 Å². The van der Waals surface area contributed by atoms with Crippen molar-refractivity contribution in [3.63, 3.8) is 0 Å². The predicted octanol–water partition coefficient (Wildman–Crippen LogP) is 1.70. The van der Waals surface area contributed by atoms with Crippen LogP contribution in [0.4, 0.5) is 0 Å². The van der Waals surface area contributed by atoms with Crippen LogP contribution < -0.4 is 10.6 Å². The van der Waals surface area contributed by atoms with Gasteiger partial charge in [0.1, 0.15) is 0 Å². The predicted molar refractivity (Wildman–Crippen MR) is 76.0 cm³/mol. The van der Waals surface area contributed by atoms with Crippen molar-refractivity contribution in [2.75, 3.05) is 26.2 Å². The van der Waals surface area contributed by atoms with E-state index in [9.17, 15) is 4.79 Å². The Labute approximate surface area is 116 Å². The summed E-state index contributed by atoms with van der Waals surface area (Å²) in [6, 6.07) is 0. The second-order valence-corrected chi connectivity index (χ2v) is 6.12. The molecule has 1 saturated heterocycles. The van der Waals surface area contributed by atoms with Gasteiger partial charge in [0.2, 0.25) is 5.91 Å². The Morgan fingerprint density at radius 2 is 2.05 bits per heavy atom. The lowest BCUT2D eigenvalue weighted by molar-refractivity contribution is -0.126. The van der Waals surface area contributed by atoms with Crippen LogP contribution in [-0.4, -0.2) is 38.3 Å². The average Bonchev–Trinajstić information content (AvgIpc) is 2.44. The van der Waals surface area contributed by atoms with Gasteiger partial charge < -0.3 is 15.4 Å². The minimum absolute atomic E-state index is 0.137. The lowest BCUT2D eigenvalue weighted by atomic mass is 9.91. The van der Waals surface area contributed by atoms with Crippen molar-refractivity contribution in [3.05, 3.63) is 0 Å². The number of ether oxygens (including phenoxy) is 1. The first kappa shape index (κ1) is 14.8. The fraction of sp³-hybridized carbons (Fsp3) is 0.933. The van der Waals surface area contributed by atoms with Crippen molar-refractivity contribution in [1.82, 2.24) is 10.6 Å². The van der Waals surface area contributed by atoms with Crippen LogP contribution >= 0.6 is 0 Å². The van der Waals surface area contributed by atoms with Crippen LogP contribution in [0.1, 0.15) is 45.4 Å². The van der Waals surface area contributed by atoms with Crippen molar-refractivity contribution in [3.8, 4) is 0 Å². The van der Waals surface area contributed by atoms with Gasteiger partial charge in [-0.15, -0.1) is 0 Å². The maximum atomic E-state index is 12.0. The number of amides is 1. The van der Waals surface area contributed by atoms with Crippen LogP contribution in [0.2, 0.25) is 0 Å². The molecule has 19 heavy (non-hydrogen) atoms. The molecule has 2 atom stereocenters. The third kappa shape index (κ3) is 5.11. The molecule has 0 aromatic heterocycles. The topological polar surface area (TPSA) is 50.4 Å².